The Bertz CT molecular complexity index is 1540. The van der Waals surface area contributed by atoms with Crippen LogP contribution in [-0.4, -0.2) is 115 Å². The van der Waals surface area contributed by atoms with Crippen molar-refractivity contribution in [3.8, 4) is 72.1 Å². The average Bonchev–Trinajstić information content (AvgIpc) is 3.48. The van der Waals surface area contributed by atoms with Crippen LogP contribution in [0.2, 0.25) is 0 Å². The number of hydrogen-bond acceptors (Lipinski definition) is 6. The second kappa shape index (κ2) is 13.4. The minimum Gasteiger partial charge on any atom is -0.289 e. The second-order valence-electron chi connectivity index (χ2n) is 9.98. The molecule has 0 spiro atoms. The lowest BCUT2D eigenvalue weighted by Gasteiger charge is -2.27. The van der Waals surface area contributed by atoms with Crippen molar-refractivity contribution in [2.24, 2.45) is 5.92 Å². The van der Waals surface area contributed by atoms with E-state index >= 15 is 0 Å². The smallest absolute Gasteiger partial charge is 0.289 e. The Balaban J connectivity index is 1.85. The zero-order valence-electron chi connectivity index (χ0n) is 24.4. The summed E-state index contributed by atoms with van der Waals surface area (Å²) in [5.41, 5.74) is -2.68. The first-order valence-electron chi connectivity index (χ1n) is 12.4. The fourth-order valence-corrected chi connectivity index (χ4v) is 17.3. The maximum Gasteiger partial charge on any atom is 0.347 e. The SMILES string of the molecule is C#CC1OP(=O)(N(C)C)N(C)C1C#CC#CC1CP(=O)(N(C)C)N(C)C1C#CC#CC1SP(=O)(N(C)C)SC1C#C. The van der Waals surface area contributed by atoms with Gasteiger partial charge in [-0.05, 0) is 80.1 Å². The normalized spacial score (nSPS) is 38.6. The van der Waals surface area contributed by atoms with Crippen molar-refractivity contribution in [3.63, 3.8) is 0 Å². The first kappa shape index (κ1) is 34.0. The van der Waals surface area contributed by atoms with Crippen LogP contribution in [0.5, 0.6) is 0 Å². The molecule has 3 aliphatic rings. The van der Waals surface area contributed by atoms with Crippen molar-refractivity contribution < 1.29 is 18.2 Å². The minimum atomic E-state index is -3.26. The van der Waals surface area contributed by atoms with E-state index in [1.54, 1.807) is 75.1 Å². The minimum absolute atomic E-state index is 0.298. The summed E-state index contributed by atoms with van der Waals surface area (Å²) in [7, 11) is 7.68. The quantitative estimate of drug-likeness (QED) is 0.334. The van der Waals surface area contributed by atoms with Gasteiger partial charge in [-0.25, -0.2) is 23.4 Å². The molecule has 41 heavy (non-hydrogen) atoms. The molecule has 14 heteroatoms. The van der Waals surface area contributed by atoms with Gasteiger partial charge in [0.25, 0.3) is 5.70 Å². The van der Waals surface area contributed by atoms with Crippen LogP contribution in [-0.2, 0) is 18.2 Å². The fraction of sp³-hybridized carbons (Fsp3) is 0.556. The summed E-state index contributed by atoms with van der Waals surface area (Å²) >= 11 is 2.56. The van der Waals surface area contributed by atoms with E-state index in [0.717, 1.165) is 0 Å². The Morgan fingerprint density at radius 3 is 1.83 bits per heavy atom. The molecule has 0 aromatic heterocycles. The predicted molar refractivity (Wildman–Crippen MR) is 172 cm³/mol. The lowest BCUT2D eigenvalue weighted by atomic mass is 10.0. The highest BCUT2D eigenvalue weighted by Gasteiger charge is 2.49. The highest BCUT2D eigenvalue weighted by atomic mass is 33.1. The molecule has 0 amide bonds. The predicted octanol–water partition coefficient (Wildman–Crippen LogP) is 3.21. The molecule has 0 radical (unpaired) electrons. The molecule has 3 heterocycles. The molecule has 3 rings (SSSR count). The summed E-state index contributed by atoms with van der Waals surface area (Å²) in [5.74, 6) is 28.6. The Kier molecular flexibility index (Phi) is 11.1. The summed E-state index contributed by atoms with van der Waals surface area (Å²) in [6.45, 7) is 0. The highest BCUT2D eigenvalue weighted by molar-refractivity contribution is 8.91. The largest absolute Gasteiger partial charge is 0.347 e. The van der Waals surface area contributed by atoms with Crippen molar-refractivity contribution in [2.45, 2.75) is 28.7 Å². The van der Waals surface area contributed by atoms with E-state index in [1.165, 1.54) is 27.4 Å². The molecule has 9 unspecified atom stereocenters. The summed E-state index contributed by atoms with van der Waals surface area (Å²) in [5, 5.41) is -0.604. The van der Waals surface area contributed by atoms with Gasteiger partial charge in [0.15, 0.2) is 6.10 Å². The van der Waals surface area contributed by atoms with Crippen LogP contribution in [0.25, 0.3) is 0 Å². The lowest BCUT2D eigenvalue weighted by Crippen LogP contribution is -2.30. The molecule has 0 aromatic carbocycles. The third-order valence-corrected chi connectivity index (χ3v) is 22.1. The molecular weight excluding hydrogens is 615 g/mol. The number of nitrogens with zero attached hydrogens (tertiary/aromatic N) is 5. The molecule has 9 nitrogen and oxygen atoms in total. The van der Waals surface area contributed by atoms with Crippen LogP contribution in [0.3, 0.4) is 0 Å². The molecule has 0 saturated carbocycles. The average molecular weight is 650 g/mol. The van der Waals surface area contributed by atoms with Crippen molar-refractivity contribution >= 4 is 43.6 Å². The van der Waals surface area contributed by atoms with E-state index in [4.69, 9.17) is 17.4 Å². The first-order chi connectivity index (χ1) is 19.1. The molecule has 0 bridgehead atoms. The summed E-state index contributed by atoms with van der Waals surface area (Å²) < 4.78 is 53.7. The molecule has 9 atom stereocenters. The molecule has 3 fully saturated rings. The van der Waals surface area contributed by atoms with E-state index < -0.39 is 39.0 Å². The summed E-state index contributed by atoms with van der Waals surface area (Å²) in [6, 6.07) is -1.03. The van der Waals surface area contributed by atoms with E-state index in [0.29, 0.717) is 6.16 Å². The molecule has 3 saturated heterocycles. The van der Waals surface area contributed by atoms with E-state index in [1.807, 2.05) is 0 Å². The van der Waals surface area contributed by atoms with E-state index in [9.17, 15) is 13.7 Å². The van der Waals surface area contributed by atoms with Gasteiger partial charge in [-0.15, -0.1) is 12.8 Å². The number of likely N-dealkylation sites (N-methyl/N-ethyl adjacent to an activating group) is 1. The van der Waals surface area contributed by atoms with Crippen LogP contribution >= 0.6 is 43.6 Å². The monoisotopic (exact) mass is 649 g/mol. The fourth-order valence-electron chi connectivity index (χ4n) is 4.29. The lowest BCUT2D eigenvalue weighted by molar-refractivity contribution is 0.265. The number of rotatable bonds is 3. The maximum absolute atomic E-state index is 13.7. The number of hydrogen-bond donors (Lipinski definition) is 0. The standard InChI is InChI=1S/C27H34N5O4P3S2/c1-11-25-24(32(10)38(34,36-25)29(5)6)19-14-13-17-22-21-37(33,28(3)4)31(9)23(22)18-15-16-20-27-26(12-2)40-39(35,41-27)30(7)8/h1-2,22-27H,21H2,3-10H3. The van der Waals surface area contributed by atoms with Gasteiger partial charge >= 0.3 is 7.67 Å². The van der Waals surface area contributed by atoms with Gasteiger partial charge in [-0.1, -0.05) is 58.3 Å². The van der Waals surface area contributed by atoms with Crippen molar-refractivity contribution in [1.29, 1.82) is 0 Å². The maximum atomic E-state index is 13.7. The summed E-state index contributed by atoms with van der Waals surface area (Å²) in [6.07, 6.45) is 10.8. The Morgan fingerprint density at radius 2 is 1.29 bits per heavy atom. The van der Waals surface area contributed by atoms with Gasteiger partial charge in [0.05, 0.1) is 22.5 Å². The first-order valence-corrected chi connectivity index (χ1v) is 20.4. The highest BCUT2D eigenvalue weighted by Crippen LogP contribution is 2.78. The van der Waals surface area contributed by atoms with Crippen molar-refractivity contribution in [2.75, 3.05) is 62.5 Å². The molecule has 3 aliphatic heterocycles. The molecule has 0 aromatic rings. The Morgan fingerprint density at radius 1 is 0.732 bits per heavy atom. The van der Waals surface area contributed by atoms with Gasteiger partial charge in [0, 0.05) is 6.16 Å². The molecule has 0 aliphatic carbocycles. The van der Waals surface area contributed by atoms with Gasteiger partial charge in [0.2, 0.25) is 7.44 Å². The van der Waals surface area contributed by atoms with Crippen molar-refractivity contribution in [1.82, 2.24) is 23.4 Å². The topological polar surface area (TPSA) is 76.6 Å². The number of terminal acetylenes is 2. The van der Waals surface area contributed by atoms with Crippen LogP contribution in [0, 0.1) is 78.0 Å². The van der Waals surface area contributed by atoms with Gasteiger partial charge in [0.1, 0.15) is 6.04 Å². The molecule has 0 N–H and O–H groups in total. The Hall–Kier alpha value is -1.49. The van der Waals surface area contributed by atoms with Gasteiger partial charge in [-0.3, -0.25) is 18.2 Å². The van der Waals surface area contributed by atoms with E-state index in [-0.39, 0.29) is 16.4 Å². The van der Waals surface area contributed by atoms with Crippen LogP contribution in [0.1, 0.15) is 0 Å². The van der Waals surface area contributed by atoms with Crippen LogP contribution in [0.4, 0.5) is 0 Å². The zero-order valence-corrected chi connectivity index (χ0v) is 28.7. The third kappa shape index (κ3) is 6.86. The zero-order chi connectivity index (χ0) is 30.8. The van der Waals surface area contributed by atoms with Crippen LogP contribution in [0.15, 0.2) is 0 Å². The second-order valence-corrected chi connectivity index (χ2v) is 23.8. The third-order valence-electron chi connectivity index (χ3n) is 6.80. The van der Waals surface area contributed by atoms with Gasteiger partial charge < -0.3 is 0 Å². The summed E-state index contributed by atoms with van der Waals surface area (Å²) in [4.78, 5) is 0. The molecule has 218 valence electrons. The van der Waals surface area contributed by atoms with Crippen LogP contribution < -0.4 is 0 Å². The van der Waals surface area contributed by atoms with Gasteiger partial charge in [-0.2, -0.15) is 0 Å². The van der Waals surface area contributed by atoms with Crippen molar-refractivity contribution in [3.05, 3.63) is 0 Å². The van der Waals surface area contributed by atoms with E-state index in [2.05, 4.69) is 59.2 Å². The Labute approximate surface area is 253 Å². The molecular formula is C27H34N5O4P3S2.